The first-order chi connectivity index (χ1) is 15.4. The van der Waals surface area contributed by atoms with Gasteiger partial charge in [-0.2, -0.15) is 4.31 Å². The quantitative estimate of drug-likeness (QED) is 0.496. The molecule has 3 aromatic rings. The Balaban J connectivity index is 1.54. The number of amides is 1. The van der Waals surface area contributed by atoms with Gasteiger partial charge in [0.2, 0.25) is 10.0 Å². The second kappa shape index (κ2) is 9.10. The fourth-order valence-electron chi connectivity index (χ4n) is 4.10. The minimum atomic E-state index is -3.65. The molecule has 5 nitrogen and oxygen atoms in total. The van der Waals surface area contributed by atoms with Gasteiger partial charge in [0.15, 0.2) is 0 Å². The summed E-state index contributed by atoms with van der Waals surface area (Å²) in [7, 11) is -3.65. The number of para-hydroxylation sites is 1. The highest BCUT2D eigenvalue weighted by molar-refractivity contribution is 7.89. The van der Waals surface area contributed by atoms with E-state index in [1.165, 1.54) is 9.87 Å². The number of hydrogen-bond donors (Lipinski definition) is 0. The first kappa shape index (κ1) is 22.0. The molecule has 0 saturated carbocycles. The Hall–Kier alpha value is -3.22. The van der Waals surface area contributed by atoms with Crippen LogP contribution in [0.25, 0.3) is 0 Å². The Morgan fingerprint density at radius 2 is 1.69 bits per heavy atom. The van der Waals surface area contributed by atoms with E-state index in [0.29, 0.717) is 5.56 Å². The Morgan fingerprint density at radius 1 is 1.03 bits per heavy atom. The summed E-state index contributed by atoms with van der Waals surface area (Å²) < 4.78 is 27.5. The summed E-state index contributed by atoms with van der Waals surface area (Å²) >= 11 is 0. The van der Waals surface area contributed by atoms with Gasteiger partial charge in [-0.25, -0.2) is 8.42 Å². The summed E-state index contributed by atoms with van der Waals surface area (Å²) in [5.74, 6) is -0.0474. The summed E-state index contributed by atoms with van der Waals surface area (Å²) in [6.45, 7) is 6.14. The van der Waals surface area contributed by atoms with E-state index in [4.69, 9.17) is 0 Å². The number of anilines is 1. The predicted octanol–water partition coefficient (Wildman–Crippen LogP) is 4.65. The summed E-state index contributed by atoms with van der Waals surface area (Å²) in [5, 5.41) is 0. The van der Waals surface area contributed by atoms with Crippen LogP contribution in [0, 0.1) is 0 Å². The highest BCUT2D eigenvalue weighted by Gasteiger charge is 2.31. The molecule has 0 saturated heterocycles. The molecule has 0 radical (unpaired) electrons. The molecule has 0 unspecified atom stereocenters. The SMILES string of the molecule is C=CCN(Cc1ccc(C(=O)N2c3ccccc3C[C@@H]2C)cc1)S(=O)(=O)c1ccccc1. The largest absolute Gasteiger partial charge is 0.305 e. The second-order valence-corrected chi connectivity index (χ2v) is 9.89. The zero-order valence-electron chi connectivity index (χ0n) is 18.0. The highest BCUT2D eigenvalue weighted by atomic mass is 32.2. The second-order valence-electron chi connectivity index (χ2n) is 7.95. The van der Waals surface area contributed by atoms with E-state index in [-0.39, 0.29) is 29.9 Å². The summed E-state index contributed by atoms with van der Waals surface area (Å²) in [6, 6.07) is 23.6. The third kappa shape index (κ3) is 4.24. The molecule has 1 heterocycles. The van der Waals surface area contributed by atoms with Crippen molar-refractivity contribution in [2.24, 2.45) is 0 Å². The lowest BCUT2D eigenvalue weighted by Gasteiger charge is -2.23. The predicted molar refractivity (Wildman–Crippen MR) is 127 cm³/mol. The average molecular weight is 447 g/mol. The third-order valence-corrected chi connectivity index (χ3v) is 7.53. The van der Waals surface area contributed by atoms with E-state index in [9.17, 15) is 13.2 Å². The van der Waals surface area contributed by atoms with Crippen molar-refractivity contribution in [3.05, 3.63) is 108 Å². The van der Waals surface area contributed by atoms with Crippen LogP contribution in [-0.4, -0.2) is 31.2 Å². The highest BCUT2D eigenvalue weighted by Crippen LogP contribution is 2.33. The van der Waals surface area contributed by atoms with E-state index in [0.717, 1.165) is 17.7 Å². The zero-order chi connectivity index (χ0) is 22.7. The molecule has 3 aromatic carbocycles. The number of sulfonamides is 1. The Bertz CT molecular complexity index is 1220. The van der Waals surface area contributed by atoms with Gasteiger partial charge in [0.25, 0.3) is 5.91 Å². The lowest BCUT2D eigenvalue weighted by Crippen LogP contribution is -2.35. The van der Waals surface area contributed by atoms with Gasteiger partial charge in [-0.1, -0.05) is 54.6 Å². The summed E-state index contributed by atoms with van der Waals surface area (Å²) in [5.41, 5.74) is 3.52. The van der Waals surface area contributed by atoms with Crippen LogP contribution in [0.1, 0.15) is 28.4 Å². The number of carbonyl (C=O) groups excluding carboxylic acids is 1. The molecular formula is C26H26N2O3S. The average Bonchev–Trinajstić information content (AvgIpc) is 3.15. The zero-order valence-corrected chi connectivity index (χ0v) is 18.8. The first-order valence-electron chi connectivity index (χ1n) is 10.6. The van der Waals surface area contributed by atoms with Crippen LogP contribution in [0.5, 0.6) is 0 Å². The van der Waals surface area contributed by atoms with Crippen molar-refractivity contribution in [3.63, 3.8) is 0 Å². The number of fused-ring (bicyclic) bond motifs is 1. The normalized spacial score (nSPS) is 15.6. The van der Waals surface area contributed by atoms with E-state index < -0.39 is 10.0 Å². The smallest absolute Gasteiger partial charge is 0.258 e. The van der Waals surface area contributed by atoms with Gasteiger partial charge in [0.05, 0.1) is 4.90 Å². The molecule has 164 valence electrons. The van der Waals surface area contributed by atoms with E-state index in [2.05, 4.69) is 12.6 Å². The van der Waals surface area contributed by atoms with Crippen molar-refractivity contribution >= 4 is 21.6 Å². The number of benzene rings is 3. The molecule has 0 fully saturated rings. The molecule has 6 heteroatoms. The van der Waals surface area contributed by atoms with Crippen LogP contribution in [0.15, 0.2) is 96.4 Å². The van der Waals surface area contributed by atoms with Crippen molar-refractivity contribution in [2.75, 3.05) is 11.4 Å². The fourth-order valence-corrected chi connectivity index (χ4v) is 5.52. The Morgan fingerprint density at radius 3 is 2.38 bits per heavy atom. The van der Waals surface area contributed by atoms with E-state index >= 15 is 0 Å². The Kier molecular flexibility index (Phi) is 6.26. The maximum atomic E-state index is 13.2. The topological polar surface area (TPSA) is 57.7 Å². The summed E-state index contributed by atoms with van der Waals surface area (Å²) in [4.78, 5) is 15.3. The van der Waals surface area contributed by atoms with Crippen molar-refractivity contribution in [1.29, 1.82) is 0 Å². The van der Waals surface area contributed by atoms with Gasteiger partial charge in [-0.3, -0.25) is 4.79 Å². The van der Waals surface area contributed by atoms with Crippen molar-refractivity contribution in [3.8, 4) is 0 Å². The molecule has 32 heavy (non-hydrogen) atoms. The van der Waals surface area contributed by atoms with Crippen molar-refractivity contribution < 1.29 is 13.2 Å². The molecule has 1 atom stereocenters. The first-order valence-corrected chi connectivity index (χ1v) is 12.0. The molecule has 1 aliphatic heterocycles. The molecule has 1 aliphatic rings. The monoisotopic (exact) mass is 446 g/mol. The number of rotatable bonds is 7. The van der Waals surface area contributed by atoms with Crippen LogP contribution >= 0.6 is 0 Å². The molecule has 0 aromatic heterocycles. The lowest BCUT2D eigenvalue weighted by atomic mass is 10.1. The van der Waals surface area contributed by atoms with Crippen LogP contribution < -0.4 is 4.90 Å². The van der Waals surface area contributed by atoms with Gasteiger partial charge in [-0.05, 0) is 54.8 Å². The number of hydrogen-bond acceptors (Lipinski definition) is 3. The molecule has 1 amide bonds. The standard InChI is InChI=1S/C26H26N2O3S/c1-3-17-27(32(30,31)24-10-5-4-6-11-24)19-21-13-15-22(16-14-21)26(29)28-20(2)18-23-9-7-8-12-25(23)28/h3-16,20H,1,17-19H2,2H3/t20-/m0/s1. The molecule has 0 aliphatic carbocycles. The van der Waals surface area contributed by atoms with Crippen LogP contribution in [-0.2, 0) is 23.0 Å². The van der Waals surface area contributed by atoms with Gasteiger partial charge < -0.3 is 4.90 Å². The fraction of sp³-hybridized carbons (Fsp3) is 0.192. The van der Waals surface area contributed by atoms with Crippen molar-refractivity contribution in [2.45, 2.75) is 30.8 Å². The van der Waals surface area contributed by atoms with E-state index in [1.807, 2.05) is 42.2 Å². The third-order valence-electron chi connectivity index (χ3n) is 5.70. The van der Waals surface area contributed by atoms with Gasteiger partial charge in [-0.15, -0.1) is 6.58 Å². The number of nitrogens with zero attached hydrogens (tertiary/aromatic N) is 2. The van der Waals surface area contributed by atoms with Crippen LogP contribution in [0.4, 0.5) is 5.69 Å². The van der Waals surface area contributed by atoms with Crippen LogP contribution in [0.3, 0.4) is 0 Å². The van der Waals surface area contributed by atoms with E-state index in [1.54, 1.807) is 48.5 Å². The minimum Gasteiger partial charge on any atom is -0.305 e. The Labute approximate surface area is 189 Å². The molecule has 0 bridgehead atoms. The minimum absolute atomic E-state index is 0.0474. The van der Waals surface area contributed by atoms with Gasteiger partial charge in [0, 0.05) is 30.4 Å². The lowest BCUT2D eigenvalue weighted by molar-refractivity contribution is 0.0981. The molecule has 0 N–H and O–H groups in total. The molecule has 0 spiro atoms. The van der Waals surface area contributed by atoms with Crippen molar-refractivity contribution in [1.82, 2.24) is 4.31 Å². The van der Waals surface area contributed by atoms with Crippen LogP contribution in [0.2, 0.25) is 0 Å². The van der Waals surface area contributed by atoms with Gasteiger partial charge >= 0.3 is 0 Å². The number of carbonyl (C=O) groups is 1. The molecule has 4 rings (SSSR count). The van der Waals surface area contributed by atoms with Gasteiger partial charge in [0.1, 0.15) is 0 Å². The maximum absolute atomic E-state index is 13.2. The maximum Gasteiger partial charge on any atom is 0.258 e. The molecular weight excluding hydrogens is 420 g/mol. The summed E-state index contributed by atoms with van der Waals surface area (Å²) in [6.07, 6.45) is 2.42.